The molecule has 0 fully saturated rings. The van der Waals surface area contributed by atoms with Crippen LogP contribution in [0.15, 0.2) is 60.8 Å². The Bertz CT molecular complexity index is 1000. The lowest BCUT2D eigenvalue weighted by Crippen LogP contribution is -2.44. The van der Waals surface area contributed by atoms with E-state index in [-0.39, 0.29) is 11.8 Å². The minimum absolute atomic E-state index is 0.231. The third-order valence-electron chi connectivity index (χ3n) is 4.44. The van der Waals surface area contributed by atoms with Gasteiger partial charge in [-0.3, -0.25) is 14.3 Å². The Kier molecular flexibility index (Phi) is 6.67. The Balaban J connectivity index is 1.92. The van der Waals surface area contributed by atoms with E-state index < -0.39 is 6.04 Å². The summed E-state index contributed by atoms with van der Waals surface area (Å²) in [6, 6.07) is 16.3. The number of carbonyl (C=O) groups excluding carboxylic acids is 2. The van der Waals surface area contributed by atoms with E-state index in [9.17, 15) is 9.59 Å². The number of carbonyl (C=O) groups is 2. The van der Waals surface area contributed by atoms with Gasteiger partial charge in [-0.25, -0.2) is 0 Å². The van der Waals surface area contributed by atoms with Crippen LogP contribution >= 0.6 is 11.6 Å². The standard InChI is InChI=1S/C22H23ClN4O2/c1-3-24-21(28)15(2)25-22(29)18-14-27(13-17-11-7-8-12-19(17)23)26-20(18)16-9-5-4-6-10-16/h4-12,14-15H,3,13H2,1-2H3,(H,24,28)(H,25,29)/t15-/m0/s1. The Labute approximate surface area is 174 Å². The van der Waals surface area contributed by atoms with Gasteiger partial charge in [0.15, 0.2) is 0 Å². The highest BCUT2D eigenvalue weighted by Gasteiger charge is 2.22. The fraction of sp³-hybridized carbons (Fsp3) is 0.227. The minimum atomic E-state index is -0.655. The smallest absolute Gasteiger partial charge is 0.255 e. The molecular formula is C22H23ClN4O2. The highest BCUT2D eigenvalue weighted by Crippen LogP contribution is 2.23. The fourth-order valence-electron chi connectivity index (χ4n) is 2.95. The molecule has 0 aliphatic rings. The van der Waals surface area contributed by atoms with E-state index in [0.717, 1.165) is 11.1 Å². The first kappa shape index (κ1) is 20.6. The number of rotatable bonds is 7. The lowest BCUT2D eigenvalue weighted by molar-refractivity contribution is -0.122. The van der Waals surface area contributed by atoms with E-state index >= 15 is 0 Å². The van der Waals surface area contributed by atoms with Gasteiger partial charge in [0.05, 0.1) is 12.1 Å². The molecule has 0 unspecified atom stereocenters. The quantitative estimate of drug-likeness (QED) is 0.625. The van der Waals surface area contributed by atoms with Gasteiger partial charge in [-0.2, -0.15) is 5.10 Å². The molecule has 0 radical (unpaired) electrons. The zero-order chi connectivity index (χ0) is 20.8. The number of hydrogen-bond donors (Lipinski definition) is 2. The van der Waals surface area contributed by atoms with E-state index in [0.29, 0.717) is 29.4 Å². The number of likely N-dealkylation sites (N-methyl/N-ethyl adjacent to an activating group) is 1. The van der Waals surface area contributed by atoms with E-state index in [1.165, 1.54) is 0 Å². The van der Waals surface area contributed by atoms with Gasteiger partial charge in [0.25, 0.3) is 5.91 Å². The Morgan fingerprint density at radius 3 is 2.48 bits per heavy atom. The van der Waals surface area contributed by atoms with E-state index in [4.69, 9.17) is 11.6 Å². The predicted molar refractivity (Wildman–Crippen MR) is 114 cm³/mol. The Hall–Kier alpha value is -3.12. The Morgan fingerprint density at radius 1 is 1.10 bits per heavy atom. The number of halogens is 1. The van der Waals surface area contributed by atoms with Crippen molar-refractivity contribution < 1.29 is 9.59 Å². The van der Waals surface area contributed by atoms with Crippen molar-refractivity contribution in [3.8, 4) is 11.3 Å². The molecule has 2 aromatic carbocycles. The highest BCUT2D eigenvalue weighted by atomic mass is 35.5. The lowest BCUT2D eigenvalue weighted by Gasteiger charge is -2.13. The van der Waals surface area contributed by atoms with Crippen LogP contribution in [0.5, 0.6) is 0 Å². The summed E-state index contributed by atoms with van der Waals surface area (Å²) in [6.45, 7) is 4.42. The van der Waals surface area contributed by atoms with Crippen LogP contribution < -0.4 is 10.6 Å². The van der Waals surface area contributed by atoms with Crippen LogP contribution in [0.1, 0.15) is 29.8 Å². The molecule has 29 heavy (non-hydrogen) atoms. The molecular weight excluding hydrogens is 388 g/mol. The number of benzene rings is 2. The van der Waals surface area contributed by atoms with Gasteiger partial charge in [0.1, 0.15) is 11.7 Å². The van der Waals surface area contributed by atoms with Crippen LogP contribution in [0, 0.1) is 0 Å². The maximum absolute atomic E-state index is 12.9. The van der Waals surface area contributed by atoms with Crippen LogP contribution in [0.25, 0.3) is 11.3 Å². The summed E-state index contributed by atoms with van der Waals surface area (Å²) in [4.78, 5) is 24.9. The summed E-state index contributed by atoms with van der Waals surface area (Å²) in [5.74, 6) is -0.585. The van der Waals surface area contributed by atoms with Crippen molar-refractivity contribution in [3.05, 3.63) is 76.9 Å². The molecule has 2 amide bonds. The van der Waals surface area contributed by atoms with Crippen LogP contribution in [0.4, 0.5) is 0 Å². The molecule has 3 rings (SSSR count). The second kappa shape index (κ2) is 9.39. The molecule has 0 saturated carbocycles. The van der Waals surface area contributed by atoms with Crippen molar-refractivity contribution in [3.63, 3.8) is 0 Å². The average Bonchev–Trinajstić information content (AvgIpc) is 3.14. The molecule has 0 saturated heterocycles. The molecule has 1 heterocycles. The SMILES string of the molecule is CCNC(=O)[C@H](C)NC(=O)c1cn(Cc2ccccc2Cl)nc1-c1ccccc1. The minimum Gasteiger partial charge on any atom is -0.355 e. The molecule has 1 aromatic heterocycles. The first-order valence-electron chi connectivity index (χ1n) is 9.44. The van der Waals surface area contributed by atoms with E-state index in [1.807, 2.05) is 61.5 Å². The average molecular weight is 411 g/mol. The summed E-state index contributed by atoms with van der Waals surface area (Å²) in [7, 11) is 0. The maximum atomic E-state index is 12.9. The summed E-state index contributed by atoms with van der Waals surface area (Å²) < 4.78 is 1.69. The molecule has 1 atom stereocenters. The number of nitrogens with zero attached hydrogens (tertiary/aromatic N) is 2. The zero-order valence-electron chi connectivity index (χ0n) is 16.4. The van der Waals surface area contributed by atoms with Gasteiger partial charge in [0, 0.05) is 23.3 Å². The van der Waals surface area contributed by atoms with Crippen molar-refractivity contribution in [2.24, 2.45) is 0 Å². The van der Waals surface area contributed by atoms with Gasteiger partial charge < -0.3 is 10.6 Å². The summed E-state index contributed by atoms with van der Waals surface area (Å²) in [5.41, 5.74) is 2.68. The topological polar surface area (TPSA) is 76.0 Å². The molecule has 0 bridgehead atoms. The first-order valence-corrected chi connectivity index (χ1v) is 9.82. The van der Waals surface area contributed by atoms with E-state index in [2.05, 4.69) is 15.7 Å². The van der Waals surface area contributed by atoms with Crippen LogP contribution in [-0.4, -0.2) is 34.2 Å². The van der Waals surface area contributed by atoms with Gasteiger partial charge in [-0.1, -0.05) is 60.1 Å². The predicted octanol–water partition coefficient (Wildman–Crippen LogP) is 3.51. The molecule has 3 aromatic rings. The summed E-state index contributed by atoms with van der Waals surface area (Å²) >= 11 is 6.27. The lowest BCUT2D eigenvalue weighted by atomic mass is 10.1. The second-order valence-corrected chi connectivity index (χ2v) is 7.04. The number of amides is 2. The first-order chi connectivity index (χ1) is 14.0. The van der Waals surface area contributed by atoms with Crippen LogP contribution in [0.2, 0.25) is 5.02 Å². The molecule has 0 aliphatic heterocycles. The molecule has 6 nitrogen and oxygen atoms in total. The molecule has 0 spiro atoms. The van der Waals surface area contributed by atoms with Gasteiger partial charge in [-0.05, 0) is 25.5 Å². The number of aromatic nitrogens is 2. The van der Waals surface area contributed by atoms with Crippen molar-refractivity contribution >= 4 is 23.4 Å². The van der Waals surface area contributed by atoms with Gasteiger partial charge in [0.2, 0.25) is 5.91 Å². The van der Waals surface area contributed by atoms with Crippen molar-refractivity contribution in [2.45, 2.75) is 26.4 Å². The number of hydrogen-bond acceptors (Lipinski definition) is 3. The summed E-state index contributed by atoms with van der Waals surface area (Å²) in [5, 5.41) is 10.7. The monoisotopic (exact) mass is 410 g/mol. The van der Waals surface area contributed by atoms with Crippen molar-refractivity contribution in [1.82, 2.24) is 20.4 Å². The van der Waals surface area contributed by atoms with Crippen molar-refractivity contribution in [1.29, 1.82) is 0 Å². The largest absolute Gasteiger partial charge is 0.355 e. The second-order valence-electron chi connectivity index (χ2n) is 6.64. The van der Waals surface area contributed by atoms with Crippen LogP contribution in [-0.2, 0) is 11.3 Å². The maximum Gasteiger partial charge on any atom is 0.255 e. The fourth-order valence-corrected chi connectivity index (χ4v) is 3.14. The molecule has 0 aliphatic carbocycles. The van der Waals surface area contributed by atoms with E-state index in [1.54, 1.807) is 17.8 Å². The van der Waals surface area contributed by atoms with Crippen molar-refractivity contribution in [2.75, 3.05) is 6.54 Å². The van der Waals surface area contributed by atoms with Crippen LogP contribution in [0.3, 0.4) is 0 Å². The van der Waals surface area contributed by atoms with Gasteiger partial charge in [-0.15, -0.1) is 0 Å². The molecule has 7 heteroatoms. The third kappa shape index (κ3) is 5.03. The third-order valence-corrected chi connectivity index (χ3v) is 4.80. The molecule has 2 N–H and O–H groups in total. The highest BCUT2D eigenvalue weighted by molar-refractivity contribution is 6.31. The zero-order valence-corrected chi connectivity index (χ0v) is 17.1. The number of nitrogens with one attached hydrogen (secondary N) is 2. The Morgan fingerprint density at radius 2 is 1.79 bits per heavy atom. The van der Waals surface area contributed by atoms with Gasteiger partial charge >= 0.3 is 0 Å². The molecule has 150 valence electrons. The summed E-state index contributed by atoms with van der Waals surface area (Å²) in [6.07, 6.45) is 1.69. The normalized spacial score (nSPS) is 11.7.